The zero-order chi connectivity index (χ0) is 20.5. The van der Waals surface area contributed by atoms with E-state index in [4.69, 9.17) is 11.6 Å². The molecule has 6 nitrogen and oxygen atoms in total. The number of piperazine rings is 1. The summed E-state index contributed by atoms with van der Waals surface area (Å²) < 4.78 is 27.6. The second kappa shape index (κ2) is 8.04. The van der Waals surface area contributed by atoms with E-state index in [9.17, 15) is 13.6 Å². The summed E-state index contributed by atoms with van der Waals surface area (Å²) >= 11 is 6.23. The maximum absolute atomic E-state index is 13.3. The molecule has 1 aliphatic heterocycles. The molecule has 0 saturated carbocycles. The van der Waals surface area contributed by atoms with Crippen molar-refractivity contribution in [3.63, 3.8) is 0 Å². The van der Waals surface area contributed by atoms with Gasteiger partial charge in [-0.15, -0.1) is 0 Å². The topological polar surface area (TPSA) is 53.7 Å². The van der Waals surface area contributed by atoms with Crippen molar-refractivity contribution < 1.29 is 13.6 Å². The van der Waals surface area contributed by atoms with Gasteiger partial charge < -0.3 is 4.90 Å². The van der Waals surface area contributed by atoms with E-state index in [2.05, 4.69) is 15.0 Å². The van der Waals surface area contributed by atoms with Crippen molar-refractivity contribution in [1.82, 2.24) is 24.4 Å². The first-order valence-electron chi connectivity index (χ1n) is 9.32. The third-order valence-corrected chi connectivity index (χ3v) is 5.46. The zero-order valence-corrected chi connectivity index (χ0v) is 16.6. The quantitative estimate of drug-likeness (QED) is 0.648. The van der Waals surface area contributed by atoms with Gasteiger partial charge >= 0.3 is 0 Å². The molecular formula is C20H20ClF2N5O. The number of fused-ring (bicyclic) bond motifs is 1. The largest absolute Gasteiger partial charge is 0.336 e. The fraction of sp³-hybridized carbons (Fsp3) is 0.350. The van der Waals surface area contributed by atoms with Gasteiger partial charge in [0.1, 0.15) is 11.3 Å². The third kappa shape index (κ3) is 3.95. The summed E-state index contributed by atoms with van der Waals surface area (Å²) in [6.07, 6.45) is -1.37. The van der Waals surface area contributed by atoms with Gasteiger partial charge in [0.25, 0.3) is 12.3 Å². The van der Waals surface area contributed by atoms with E-state index < -0.39 is 6.43 Å². The van der Waals surface area contributed by atoms with E-state index in [-0.39, 0.29) is 22.8 Å². The van der Waals surface area contributed by atoms with Crippen molar-refractivity contribution in [2.75, 3.05) is 26.2 Å². The van der Waals surface area contributed by atoms with E-state index in [1.807, 2.05) is 24.3 Å². The predicted molar refractivity (Wildman–Crippen MR) is 105 cm³/mol. The van der Waals surface area contributed by atoms with Crippen LogP contribution in [-0.4, -0.2) is 56.5 Å². The number of rotatable bonds is 4. The van der Waals surface area contributed by atoms with E-state index in [1.165, 1.54) is 12.3 Å². The van der Waals surface area contributed by atoms with Crippen molar-refractivity contribution >= 4 is 23.2 Å². The van der Waals surface area contributed by atoms with E-state index in [0.717, 1.165) is 21.6 Å². The van der Waals surface area contributed by atoms with E-state index in [1.54, 1.807) is 11.8 Å². The Morgan fingerprint density at radius 3 is 2.62 bits per heavy atom. The molecule has 3 heterocycles. The molecule has 9 heteroatoms. The lowest BCUT2D eigenvalue weighted by Crippen LogP contribution is -2.48. The highest BCUT2D eigenvalue weighted by molar-refractivity contribution is 6.31. The zero-order valence-electron chi connectivity index (χ0n) is 15.9. The lowest BCUT2D eigenvalue weighted by Gasteiger charge is -2.34. The normalized spacial score (nSPS) is 15.4. The maximum Gasteiger partial charge on any atom is 0.280 e. The number of carbonyl (C=O) groups is 1. The average Bonchev–Trinajstić information content (AvgIpc) is 3.12. The first-order valence-corrected chi connectivity index (χ1v) is 9.70. The lowest BCUT2D eigenvalue weighted by atomic mass is 10.2. The van der Waals surface area contributed by atoms with Crippen LogP contribution in [0.5, 0.6) is 0 Å². The SMILES string of the molecule is Cc1cc(C(F)F)n2ncc(C(=O)N3CCN(Cc4ccccc4Cl)CC3)c2n1. The Labute approximate surface area is 171 Å². The van der Waals surface area contributed by atoms with E-state index >= 15 is 0 Å². The number of hydrogen-bond donors (Lipinski definition) is 0. The molecule has 0 radical (unpaired) electrons. The van der Waals surface area contributed by atoms with Gasteiger partial charge in [0.2, 0.25) is 0 Å². The Kier molecular flexibility index (Phi) is 5.47. The fourth-order valence-corrected chi connectivity index (χ4v) is 3.76. The summed E-state index contributed by atoms with van der Waals surface area (Å²) in [5.41, 5.74) is 1.62. The van der Waals surface area contributed by atoms with Gasteiger partial charge in [-0.2, -0.15) is 5.10 Å². The summed E-state index contributed by atoms with van der Waals surface area (Å²) in [5, 5.41) is 4.71. The van der Waals surface area contributed by atoms with Gasteiger partial charge in [-0.25, -0.2) is 18.3 Å². The van der Waals surface area contributed by atoms with Crippen LogP contribution in [0.1, 0.15) is 33.7 Å². The number of aromatic nitrogens is 3. The maximum atomic E-state index is 13.3. The second-order valence-corrected chi connectivity index (χ2v) is 7.48. The van der Waals surface area contributed by atoms with Crippen molar-refractivity contribution in [3.8, 4) is 0 Å². The molecule has 1 amide bonds. The van der Waals surface area contributed by atoms with Gasteiger partial charge in [-0.3, -0.25) is 9.69 Å². The smallest absolute Gasteiger partial charge is 0.280 e. The van der Waals surface area contributed by atoms with Crippen LogP contribution in [0.3, 0.4) is 0 Å². The average molecular weight is 420 g/mol. The molecular weight excluding hydrogens is 400 g/mol. The van der Waals surface area contributed by atoms with Crippen molar-refractivity contribution in [2.45, 2.75) is 19.9 Å². The van der Waals surface area contributed by atoms with Gasteiger partial charge in [-0.05, 0) is 24.6 Å². The standard InChI is InChI=1S/C20H20ClF2N5O/c1-13-10-17(18(22)23)28-19(25-13)15(11-24-28)20(29)27-8-6-26(7-9-27)12-14-4-2-3-5-16(14)21/h2-5,10-11,18H,6-9,12H2,1H3. The summed E-state index contributed by atoms with van der Waals surface area (Å²) in [5.74, 6) is -0.240. The Hall–Kier alpha value is -2.58. The number of halogens is 3. The first-order chi connectivity index (χ1) is 13.9. The van der Waals surface area contributed by atoms with Crippen LogP contribution in [-0.2, 0) is 6.54 Å². The molecule has 1 aliphatic rings. The van der Waals surface area contributed by atoms with Crippen LogP contribution >= 0.6 is 11.6 Å². The monoisotopic (exact) mass is 419 g/mol. The first kappa shape index (κ1) is 19.7. The number of benzene rings is 1. The molecule has 3 aromatic rings. The summed E-state index contributed by atoms with van der Waals surface area (Å²) in [6, 6.07) is 8.99. The number of hydrogen-bond acceptors (Lipinski definition) is 4. The minimum absolute atomic E-state index is 0.170. The highest BCUT2D eigenvalue weighted by Crippen LogP contribution is 2.23. The van der Waals surface area contributed by atoms with Gasteiger partial charge in [0.05, 0.1) is 6.20 Å². The number of amides is 1. The Balaban J connectivity index is 1.48. The van der Waals surface area contributed by atoms with Crippen LogP contribution in [0.2, 0.25) is 5.02 Å². The molecule has 29 heavy (non-hydrogen) atoms. The third-order valence-electron chi connectivity index (χ3n) is 5.09. The molecule has 0 bridgehead atoms. The number of aryl methyl sites for hydroxylation is 1. The molecule has 1 fully saturated rings. The van der Waals surface area contributed by atoms with Crippen LogP contribution in [0.4, 0.5) is 8.78 Å². The van der Waals surface area contributed by atoms with Crippen molar-refractivity contribution in [1.29, 1.82) is 0 Å². The summed E-state index contributed by atoms with van der Waals surface area (Å²) in [6.45, 7) is 4.82. The van der Waals surface area contributed by atoms with Crippen LogP contribution in [0, 0.1) is 6.92 Å². The highest BCUT2D eigenvalue weighted by Gasteiger charge is 2.26. The van der Waals surface area contributed by atoms with Gasteiger partial charge in [-0.1, -0.05) is 29.8 Å². The lowest BCUT2D eigenvalue weighted by molar-refractivity contribution is 0.0630. The molecule has 152 valence electrons. The molecule has 0 aliphatic carbocycles. The highest BCUT2D eigenvalue weighted by atomic mass is 35.5. The predicted octanol–water partition coefficient (Wildman–Crippen LogP) is 3.59. The Bertz CT molecular complexity index is 1050. The minimum Gasteiger partial charge on any atom is -0.336 e. The summed E-state index contributed by atoms with van der Waals surface area (Å²) in [4.78, 5) is 21.2. The molecule has 1 saturated heterocycles. The van der Waals surface area contributed by atoms with Gasteiger partial charge in [0, 0.05) is 43.4 Å². The molecule has 0 N–H and O–H groups in total. The molecule has 1 aromatic carbocycles. The van der Waals surface area contributed by atoms with Crippen LogP contribution in [0.15, 0.2) is 36.5 Å². The summed E-state index contributed by atoms with van der Waals surface area (Å²) in [7, 11) is 0. The van der Waals surface area contributed by atoms with Crippen LogP contribution in [0.25, 0.3) is 5.65 Å². The molecule has 0 spiro atoms. The minimum atomic E-state index is -2.70. The second-order valence-electron chi connectivity index (χ2n) is 7.08. The number of nitrogens with zero attached hydrogens (tertiary/aromatic N) is 5. The van der Waals surface area contributed by atoms with Crippen molar-refractivity contribution in [2.24, 2.45) is 0 Å². The van der Waals surface area contributed by atoms with Gasteiger partial charge in [0.15, 0.2) is 5.65 Å². The fourth-order valence-electron chi connectivity index (χ4n) is 3.57. The Morgan fingerprint density at radius 2 is 1.93 bits per heavy atom. The molecule has 4 rings (SSSR count). The molecule has 2 aromatic heterocycles. The molecule has 0 unspecified atom stereocenters. The van der Waals surface area contributed by atoms with E-state index in [0.29, 0.717) is 31.9 Å². The number of alkyl halides is 2. The van der Waals surface area contributed by atoms with Crippen LogP contribution < -0.4 is 0 Å². The number of carbonyl (C=O) groups excluding carboxylic acids is 1. The Morgan fingerprint density at radius 1 is 1.21 bits per heavy atom. The van der Waals surface area contributed by atoms with Crippen molar-refractivity contribution in [3.05, 3.63) is 64.1 Å². The molecule has 0 atom stereocenters.